The molecule has 106 valence electrons. The molecule has 0 aromatic heterocycles. The van der Waals surface area contributed by atoms with Crippen LogP contribution in [0.1, 0.15) is 43.0 Å². The second kappa shape index (κ2) is 6.19. The van der Waals surface area contributed by atoms with Crippen molar-refractivity contribution in [3.05, 3.63) is 34.9 Å². The fourth-order valence-corrected chi connectivity index (χ4v) is 3.33. The number of rotatable bonds is 5. The van der Waals surface area contributed by atoms with Crippen LogP contribution in [-0.2, 0) is 17.2 Å². The molecule has 3 heteroatoms. The van der Waals surface area contributed by atoms with Crippen LogP contribution in [0.3, 0.4) is 0 Å². The third kappa shape index (κ3) is 3.46. The third-order valence-corrected chi connectivity index (χ3v) is 5.60. The standard InChI is InChI=1S/C16H25NOS/c1-11-5-6-14-10-12(2)16(15(14)9-11)17-8-7-13(3)19(4)18/h5-6,9,12-13,16-17H,7-8,10H2,1-4H3/t12-,13-,16+,19-/m0/s1. The van der Waals surface area contributed by atoms with E-state index in [2.05, 4.69) is 44.3 Å². The predicted octanol–water partition coefficient (Wildman–Crippen LogP) is 2.98. The van der Waals surface area contributed by atoms with Crippen LogP contribution in [0.2, 0.25) is 0 Å². The van der Waals surface area contributed by atoms with Gasteiger partial charge in [0.05, 0.1) is 0 Å². The van der Waals surface area contributed by atoms with Gasteiger partial charge in [0, 0.05) is 28.3 Å². The van der Waals surface area contributed by atoms with E-state index in [9.17, 15) is 4.21 Å². The van der Waals surface area contributed by atoms with Crippen molar-refractivity contribution in [1.82, 2.24) is 5.32 Å². The summed E-state index contributed by atoms with van der Waals surface area (Å²) in [6, 6.07) is 7.26. The van der Waals surface area contributed by atoms with Gasteiger partial charge in [-0.15, -0.1) is 0 Å². The Labute approximate surface area is 119 Å². The van der Waals surface area contributed by atoms with Crippen molar-refractivity contribution in [2.24, 2.45) is 5.92 Å². The molecule has 1 aliphatic rings. The maximum absolute atomic E-state index is 11.4. The Hall–Kier alpha value is -0.670. The highest BCUT2D eigenvalue weighted by Gasteiger charge is 2.28. The Morgan fingerprint density at radius 1 is 1.47 bits per heavy atom. The van der Waals surface area contributed by atoms with E-state index in [4.69, 9.17) is 0 Å². The lowest BCUT2D eigenvalue weighted by molar-refractivity contribution is 0.413. The van der Waals surface area contributed by atoms with Crippen molar-refractivity contribution in [1.29, 1.82) is 0 Å². The summed E-state index contributed by atoms with van der Waals surface area (Å²) in [6.07, 6.45) is 3.94. The lowest BCUT2D eigenvalue weighted by Crippen LogP contribution is -2.27. The van der Waals surface area contributed by atoms with Crippen molar-refractivity contribution in [3.63, 3.8) is 0 Å². The molecule has 0 radical (unpaired) electrons. The maximum Gasteiger partial charge on any atom is 0.0352 e. The smallest absolute Gasteiger partial charge is 0.0352 e. The average molecular weight is 279 g/mol. The van der Waals surface area contributed by atoms with E-state index in [1.807, 2.05) is 0 Å². The fraction of sp³-hybridized carbons (Fsp3) is 0.625. The van der Waals surface area contributed by atoms with Crippen molar-refractivity contribution in [2.45, 2.75) is 44.9 Å². The summed E-state index contributed by atoms with van der Waals surface area (Å²) >= 11 is 0. The molecule has 0 saturated carbocycles. The Balaban J connectivity index is 1.98. The molecule has 0 amide bonds. The normalized spacial score (nSPS) is 25.1. The van der Waals surface area contributed by atoms with Gasteiger partial charge in [-0.05, 0) is 43.4 Å². The molecule has 0 spiro atoms. The summed E-state index contributed by atoms with van der Waals surface area (Å²) in [6.45, 7) is 7.48. The van der Waals surface area contributed by atoms with Gasteiger partial charge in [-0.2, -0.15) is 0 Å². The summed E-state index contributed by atoms with van der Waals surface area (Å²) in [5.41, 5.74) is 4.29. The molecule has 0 fully saturated rings. The Kier molecular flexibility index (Phi) is 4.80. The van der Waals surface area contributed by atoms with Crippen molar-refractivity contribution in [3.8, 4) is 0 Å². The highest BCUT2D eigenvalue weighted by atomic mass is 32.2. The minimum atomic E-state index is -0.711. The number of benzene rings is 1. The minimum absolute atomic E-state index is 0.279. The molecule has 1 N–H and O–H groups in total. The summed E-state index contributed by atoms with van der Waals surface area (Å²) in [7, 11) is -0.711. The van der Waals surface area contributed by atoms with Gasteiger partial charge in [-0.1, -0.05) is 37.6 Å². The van der Waals surface area contributed by atoms with Crippen LogP contribution in [0.4, 0.5) is 0 Å². The number of hydrogen-bond donors (Lipinski definition) is 1. The molecule has 1 aromatic rings. The van der Waals surface area contributed by atoms with E-state index in [1.54, 1.807) is 6.26 Å². The van der Waals surface area contributed by atoms with Gasteiger partial charge < -0.3 is 5.32 Å². The van der Waals surface area contributed by atoms with E-state index in [-0.39, 0.29) is 5.25 Å². The van der Waals surface area contributed by atoms with Gasteiger partial charge in [0.2, 0.25) is 0 Å². The molecule has 2 rings (SSSR count). The van der Waals surface area contributed by atoms with Crippen molar-refractivity contribution >= 4 is 10.8 Å². The number of aryl methyl sites for hydroxylation is 1. The average Bonchev–Trinajstić information content (AvgIpc) is 2.65. The first-order valence-corrected chi connectivity index (χ1v) is 8.76. The van der Waals surface area contributed by atoms with Gasteiger partial charge in [0.25, 0.3) is 0 Å². The Bertz CT molecular complexity index is 472. The largest absolute Gasteiger partial charge is 0.310 e. The second-order valence-electron chi connectivity index (χ2n) is 5.91. The first kappa shape index (κ1) is 14.7. The summed E-state index contributed by atoms with van der Waals surface area (Å²) < 4.78 is 11.4. The molecule has 0 aliphatic heterocycles. The van der Waals surface area contributed by atoms with E-state index < -0.39 is 10.8 Å². The zero-order chi connectivity index (χ0) is 14.0. The van der Waals surface area contributed by atoms with Crippen LogP contribution >= 0.6 is 0 Å². The minimum Gasteiger partial charge on any atom is -0.310 e. The number of nitrogens with one attached hydrogen (secondary N) is 1. The number of fused-ring (bicyclic) bond motifs is 1. The summed E-state index contributed by atoms with van der Waals surface area (Å²) in [4.78, 5) is 0. The Morgan fingerprint density at radius 3 is 2.89 bits per heavy atom. The molecule has 0 bridgehead atoms. The first-order chi connectivity index (χ1) is 8.99. The first-order valence-electron chi connectivity index (χ1n) is 7.14. The lowest BCUT2D eigenvalue weighted by Gasteiger charge is -2.20. The van der Waals surface area contributed by atoms with Crippen molar-refractivity contribution in [2.75, 3.05) is 12.8 Å². The van der Waals surface area contributed by atoms with Crippen LogP contribution in [0, 0.1) is 12.8 Å². The maximum atomic E-state index is 11.4. The topological polar surface area (TPSA) is 29.1 Å². The van der Waals surface area contributed by atoms with Crippen LogP contribution in [-0.4, -0.2) is 22.3 Å². The second-order valence-corrected chi connectivity index (χ2v) is 7.72. The fourth-order valence-electron chi connectivity index (χ4n) is 2.88. The van der Waals surface area contributed by atoms with E-state index in [0.29, 0.717) is 12.0 Å². The summed E-state index contributed by atoms with van der Waals surface area (Å²) in [5.74, 6) is 0.652. The monoisotopic (exact) mass is 279 g/mol. The molecule has 1 aliphatic carbocycles. The summed E-state index contributed by atoms with van der Waals surface area (Å²) in [5, 5.41) is 3.94. The van der Waals surface area contributed by atoms with Gasteiger partial charge in [-0.25, -0.2) is 0 Å². The van der Waals surface area contributed by atoms with Gasteiger partial charge in [0.1, 0.15) is 0 Å². The lowest BCUT2D eigenvalue weighted by atomic mass is 10.0. The van der Waals surface area contributed by atoms with Crippen LogP contribution in [0.15, 0.2) is 18.2 Å². The highest BCUT2D eigenvalue weighted by Crippen LogP contribution is 2.36. The Morgan fingerprint density at radius 2 is 2.21 bits per heavy atom. The van der Waals surface area contributed by atoms with Crippen LogP contribution in [0.5, 0.6) is 0 Å². The zero-order valence-electron chi connectivity index (χ0n) is 12.4. The molecule has 1 aromatic carbocycles. The van der Waals surface area contributed by atoms with Gasteiger partial charge in [-0.3, -0.25) is 4.21 Å². The van der Waals surface area contributed by atoms with E-state index in [0.717, 1.165) is 13.0 Å². The predicted molar refractivity (Wildman–Crippen MR) is 82.9 cm³/mol. The van der Waals surface area contributed by atoms with Crippen LogP contribution in [0.25, 0.3) is 0 Å². The molecule has 0 unspecified atom stereocenters. The van der Waals surface area contributed by atoms with Gasteiger partial charge in [0.15, 0.2) is 0 Å². The third-order valence-electron chi connectivity index (χ3n) is 4.23. The molecule has 4 atom stereocenters. The molecule has 0 saturated heterocycles. The SMILES string of the molecule is Cc1ccc2c(c1)[C@H](NCC[C@H](C)[S@](C)=O)[C@@H](C)C2. The van der Waals surface area contributed by atoms with E-state index in [1.165, 1.54) is 23.1 Å². The quantitative estimate of drug-likeness (QED) is 0.898. The van der Waals surface area contributed by atoms with Crippen LogP contribution < -0.4 is 5.32 Å². The molecule has 0 heterocycles. The molecule has 19 heavy (non-hydrogen) atoms. The molecule has 2 nitrogen and oxygen atoms in total. The van der Waals surface area contributed by atoms with E-state index >= 15 is 0 Å². The van der Waals surface area contributed by atoms with Crippen molar-refractivity contribution < 1.29 is 4.21 Å². The number of hydrogen-bond acceptors (Lipinski definition) is 2. The van der Waals surface area contributed by atoms with Gasteiger partial charge >= 0.3 is 0 Å². The highest BCUT2D eigenvalue weighted by molar-refractivity contribution is 7.84. The molecular formula is C16H25NOS. The zero-order valence-corrected chi connectivity index (χ0v) is 13.2. The molecular weight excluding hydrogens is 254 g/mol.